The van der Waals surface area contributed by atoms with E-state index < -0.39 is 0 Å². The fourth-order valence-electron chi connectivity index (χ4n) is 2.32. The van der Waals surface area contributed by atoms with Gasteiger partial charge in [0.05, 0.1) is 11.4 Å². The summed E-state index contributed by atoms with van der Waals surface area (Å²) < 4.78 is 5.75. The van der Waals surface area contributed by atoms with Gasteiger partial charge in [-0.1, -0.05) is 24.9 Å². The maximum atomic E-state index is 11.9. The van der Waals surface area contributed by atoms with Crippen LogP contribution < -0.4 is 5.32 Å². The van der Waals surface area contributed by atoms with Crippen LogP contribution in [0.4, 0.5) is 0 Å². The minimum atomic E-state index is 0.0811. The van der Waals surface area contributed by atoms with Crippen molar-refractivity contribution in [1.82, 2.24) is 10.3 Å². The normalized spacial score (nSPS) is 10.9. The molecular weight excluding hydrogens is 400 g/mol. The predicted octanol–water partition coefficient (Wildman–Crippen LogP) is 5.58. The number of halogens is 1. The Hall–Kier alpha value is -1.11. The lowest BCUT2D eigenvalue weighted by molar-refractivity contribution is -0.118. The first-order valence-electron chi connectivity index (χ1n) is 9.24. The number of oxazole rings is 1. The second-order valence-corrected chi connectivity index (χ2v) is 8.84. The number of aryl methyl sites for hydroxylation is 1. The Kier molecular flexibility index (Phi) is 10.2. The molecule has 0 saturated heterocycles. The molecule has 148 valence electrons. The lowest BCUT2D eigenvalue weighted by atomic mass is 10.2. The molecule has 2 rings (SSSR count). The summed E-state index contributed by atoms with van der Waals surface area (Å²) in [5.74, 6) is 4.88. The number of benzene rings is 1. The Bertz CT molecular complexity index is 705. The number of carbonyl (C=O) groups is 1. The summed E-state index contributed by atoms with van der Waals surface area (Å²) in [4.78, 5) is 16.5. The highest BCUT2D eigenvalue weighted by Gasteiger charge is 2.12. The molecule has 0 saturated carbocycles. The largest absolute Gasteiger partial charge is 0.441 e. The Morgan fingerprint density at radius 2 is 1.93 bits per heavy atom. The van der Waals surface area contributed by atoms with Gasteiger partial charge in [0.2, 0.25) is 11.8 Å². The number of unbranched alkanes of at least 4 members (excludes halogenated alkanes) is 1. The lowest BCUT2D eigenvalue weighted by Crippen LogP contribution is -2.26. The monoisotopic (exact) mass is 426 g/mol. The second-order valence-electron chi connectivity index (χ2n) is 6.19. The van der Waals surface area contributed by atoms with Crippen LogP contribution in [0, 0.1) is 6.92 Å². The molecule has 0 bridgehead atoms. The summed E-state index contributed by atoms with van der Waals surface area (Å²) in [5.41, 5.74) is 1.78. The first-order chi connectivity index (χ1) is 13.1. The van der Waals surface area contributed by atoms with Gasteiger partial charge in [0.25, 0.3) is 0 Å². The number of amides is 1. The van der Waals surface area contributed by atoms with Gasteiger partial charge < -0.3 is 9.73 Å². The van der Waals surface area contributed by atoms with Crippen molar-refractivity contribution in [3.05, 3.63) is 40.7 Å². The summed E-state index contributed by atoms with van der Waals surface area (Å²) in [7, 11) is 0. The van der Waals surface area contributed by atoms with Crippen molar-refractivity contribution in [1.29, 1.82) is 0 Å². The molecule has 0 radical (unpaired) electrons. The van der Waals surface area contributed by atoms with E-state index in [0.29, 0.717) is 22.4 Å². The Labute approximate surface area is 175 Å². The SMILES string of the molecule is CCCCSCCCNC(=O)CSCc1nc(-c2ccc(Cl)cc2)oc1C. The number of thioether (sulfide) groups is 2. The van der Waals surface area contributed by atoms with E-state index in [2.05, 4.69) is 17.2 Å². The predicted molar refractivity (Wildman–Crippen MR) is 118 cm³/mol. The average molecular weight is 427 g/mol. The van der Waals surface area contributed by atoms with Crippen molar-refractivity contribution in [2.24, 2.45) is 0 Å². The van der Waals surface area contributed by atoms with Crippen LogP contribution in [-0.2, 0) is 10.5 Å². The lowest BCUT2D eigenvalue weighted by Gasteiger charge is -2.05. The fourth-order valence-corrected chi connectivity index (χ4v) is 4.34. The zero-order valence-electron chi connectivity index (χ0n) is 15.9. The molecule has 1 N–H and O–H groups in total. The van der Waals surface area contributed by atoms with E-state index in [9.17, 15) is 4.79 Å². The number of hydrogen-bond acceptors (Lipinski definition) is 5. The van der Waals surface area contributed by atoms with Crippen LogP contribution >= 0.6 is 35.1 Å². The van der Waals surface area contributed by atoms with Crippen molar-refractivity contribution in [2.75, 3.05) is 23.8 Å². The van der Waals surface area contributed by atoms with Crippen LogP contribution in [0.5, 0.6) is 0 Å². The molecule has 7 heteroatoms. The standard InChI is InChI=1S/C20H27ClN2O2S2/c1-3-4-11-26-12-5-10-22-19(24)14-27-13-18-15(2)25-20(23-18)16-6-8-17(21)9-7-16/h6-9H,3-5,10-14H2,1-2H3,(H,22,24). The Morgan fingerprint density at radius 1 is 1.19 bits per heavy atom. The first kappa shape index (κ1) is 22.2. The van der Waals surface area contributed by atoms with Gasteiger partial charge in [0, 0.05) is 22.9 Å². The van der Waals surface area contributed by atoms with Gasteiger partial charge in [0.1, 0.15) is 5.76 Å². The van der Waals surface area contributed by atoms with E-state index in [-0.39, 0.29) is 5.91 Å². The van der Waals surface area contributed by atoms with E-state index in [0.717, 1.165) is 35.7 Å². The average Bonchev–Trinajstić information content (AvgIpc) is 3.02. The third-order valence-corrected chi connectivity index (χ3v) is 6.24. The van der Waals surface area contributed by atoms with E-state index in [4.69, 9.17) is 16.0 Å². The number of aromatic nitrogens is 1. The molecule has 0 fully saturated rings. The molecule has 4 nitrogen and oxygen atoms in total. The van der Waals surface area contributed by atoms with Gasteiger partial charge in [-0.05, 0) is 55.5 Å². The molecule has 0 aliphatic carbocycles. The molecule has 0 aliphatic heterocycles. The van der Waals surface area contributed by atoms with E-state index in [1.807, 2.05) is 43.0 Å². The van der Waals surface area contributed by atoms with Crippen LogP contribution in [0.2, 0.25) is 5.02 Å². The molecule has 2 aromatic rings. The third-order valence-electron chi connectivity index (χ3n) is 3.89. The van der Waals surface area contributed by atoms with Crippen LogP contribution in [0.1, 0.15) is 37.6 Å². The first-order valence-corrected chi connectivity index (χ1v) is 11.9. The summed E-state index contributed by atoms with van der Waals surface area (Å²) in [6.07, 6.45) is 3.54. The second kappa shape index (κ2) is 12.4. The molecule has 27 heavy (non-hydrogen) atoms. The smallest absolute Gasteiger partial charge is 0.230 e. The van der Waals surface area contributed by atoms with Crippen LogP contribution in [-0.4, -0.2) is 34.7 Å². The van der Waals surface area contributed by atoms with Gasteiger partial charge >= 0.3 is 0 Å². The van der Waals surface area contributed by atoms with Gasteiger partial charge in [-0.2, -0.15) is 11.8 Å². The molecule has 1 amide bonds. The zero-order chi connectivity index (χ0) is 19.5. The number of carbonyl (C=O) groups excluding carboxylic acids is 1. The van der Waals surface area contributed by atoms with E-state index in [1.54, 1.807) is 11.8 Å². The van der Waals surface area contributed by atoms with Gasteiger partial charge in [-0.15, -0.1) is 11.8 Å². The fraction of sp³-hybridized carbons (Fsp3) is 0.500. The zero-order valence-corrected chi connectivity index (χ0v) is 18.3. The molecule has 0 spiro atoms. The Morgan fingerprint density at radius 3 is 2.67 bits per heavy atom. The molecule has 1 aromatic carbocycles. The quantitative estimate of drug-likeness (QED) is 0.449. The summed E-state index contributed by atoms with van der Waals surface area (Å²) in [5, 5.41) is 3.67. The molecule has 0 aliphatic rings. The highest BCUT2D eigenvalue weighted by molar-refractivity contribution is 7.99. The van der Waals surface area contributed by atoms with Crippen molar-refractivity contribution in [2.45, 2.75) is 38.9 Å². The van der Waals surface area contributed by atoms with Gasteiger partial charge in [0.15, 0.2) is 0 Å². The van der Waals surface area contributed by atoms with Crippen molar-refractivity contribution in [3.63, 3.8) is 0 Å². The number of rotatable bonds is 12. The Balaban J connectivity index is 1.66. The number of nitrogens with zero attached hydrogens (tertiary/aromatic N) is 1. The molecule has 1 aromatic heterocycles. The molecular formula is C20H27ClN2O2S2. The maximum absolute atomic E-state index is 11.9. The number of hydrogen-bond donors (Lipinski definition) is 1. The van der Waals surface area contributed by atoms with Crippen molar-refractivity contribution < 1.29 is 9.21 Å². The molecule has 1 heterocycles. The summed E-state index contributed by atoms with van der Waals surface area (Å²) in [6.45, 7) is 4.86. The third kappa shape index (κ3) is 8.20. The van der Waals surface area contributed by atoms with E-state index in [1.165, 1.54) is 18.6 Å². The van der Waals surface area contributed by atoms with Crippen molar-refractivity contribution >= 4 is 41.0 Å². The van der Waals surface area contributed by atoms with Crippen LogP contribution in [0.15, 0.2) is 28.7 Å². The minimum Gasteiger partial charge on any atom is -0.441 e. The van der Waals surface area contributed by atoms with E-state index >= 15 is 0 Å². The van der Waals surface area contributed by atoms with Crippen LogP contribution in [0.3, 0.4) is 0 Å². The number of nitrogens with one attached hydrogen (secondary N) is 1. The van der Waals surface area contributed by atoms with Crippen LogP contribution in [0.25, 0.3) is 11.5 Å². The minimum absolute atomic E-state index is 0.0811. The summed E-state index contributed by atoms with van der Waals surface area (Å²) >= 11 is 9.43. The highest BCUT2D eigenvalue weighted by atomic mass is 35.5. The molecule has 0 unspecified atom stereocenters. The van der Waals surface area contributed by atoms with Gasteiger partial charge in [-0.3, -0.25) is 4.79 Å². The summed E-state index contributed by atoms with van der Waals surface area (Å²) in [6, 6.07) is 7.41. The maximum Gasteiger partial charge on any atom is 0.230 e. The topological polar surface area (TPSA) is 55.1 Å². The molecule has 0 atom stereocenters. The van der Waals surface area contributed by atoms with Gasteiger partial charge in [-0.25, -0.2) is 4.98 Å². The van der Waals surface area contributed by atoms with Crippen molar-refractivity contribution in [3.8, 4) is 11.5 Å². The highest BCUT2D eigenvalue weighted by Crippen LogP contribution is 2.25.